The third-order valence-corrected chi connectivity index (χ3v) is 6.25. The molecule has 2 aromatic carbocycles. The van der Waals surface area contributed by atoms with Gasteiger partial charge in [-0.2, -0.15) is 5.10 Å². The van der Waals surface area contributed by atoms with Gasteiger partial charge < -0.3 is 24.4 Å². The summed E-state index contributed by atoms with van der Waals surface area (Å²) in [7, 11) is 3.24. The van der Waals surface area contributed by atoms with E-state index in [9.17, 15) is 9.90 Å². The highest BCUT2D eigenvalue weighted by molar-refractivity contribution is 6.09. The molecule has 0 radical (unpaired) electrons. The van der Waals surface area contributed by atoms with Gasteiger partial charge in [-0.15, -0.1) is 0 Å². The zero-order valence-corrected chi connectivity index (χ0v) is 17.7. The van der Waals surface area contributed by atoms with E-state index in [1.165, 1.54) is 0 Å². The molecule has 7 heteroatoms. The number of benzene rings is 2. The van der Waals surface area contributed by atoms with Crippen molar-refractivity contribution >= 4 is 16.7 Å². The van der Waals surface area contributed by atoms with Gasteiger partial charge in [0.2, 0.25) is 0 Å². The third-order valence-electron chi connectivity index (χ3n) is 6.25. The van der Waals surface area contributed by atoms with Crippen LogP contribution in [0.15, 0.2) is 38.6 Å². The van der Waals surface area contributed by atoms with E-state index < -0.39 is 0 Å². The van der Waals surface area contributed by atoms with Crippen LogP contribution in [0, 0.1) is 6.92 Å². The zero-order chi connectivity index (χ0) is 21.7. The maximum absolute atomic E-state index is 12.3. The number of phenolic OH excluding ortho intramolecular Hbond substituents is 1. The lowest BCUT2D eigenvalue weighted by Gasteiger charge is -2.15. The van der Waals surface area contributed by atoms with E-state index in [2.05, 4.69) is 10.5 Å². The summed E-state index contributed by atoms with van der Waals surface area (Å²) in [4.78, 5) is 12.3. The minimum atomic E-state index is -0.293. The molecule has 1 aromatic heterocycles. The molecular weight excluding hydrogens is 396 g/mol. The van der Waals surface area contributed by atoms with Crippen LogP contribution in [0.2, 0.25) is 0 Å². The average Bonchev–Trinajstić information content (AvgIpc) is 3.43. The van der Waals surface area contributed by atoms with Gasteiger partial charge in [0.15, 0.2) is 0 Å². The second kappa shape index (κ2) is 7.34. The normalized spacial score (nSPS) is 17.4. The first-order valence-corrected chi connectivity index (χ1v) is 10.4. The molecular formula is C24H24N2O5. The van der Waals surface area contributed by atoms with Crippen molar-refractivity contribution in [2.75, 3.05) is 14.2 Å². The van der Waals surface area contributed by atoms with Crippen LogP contribution < -0.4 is 20.5 Å². The molecule has 0 saturated carbocycles. The quantitative estimate of drug-likeness (QED) is 0.625. The molecule has 31 heavy (non-hydrogen) atoms. The van der Waals surface area contributed by atoms with Crippen LogP contribution in [0.4, 0.5) is 0 Å². The Labute approximate surface area is 179 Å². The number of hydrogen-bond donors (Lipinski definition) is 2. The fraction of sp³-hybridized carbons (Fsp3) is 0.333. The summed E-state index contributed by atoms with van der Waals surface area (Å²) in [5, 5.41) is 16.4. The Morgan fingerprint density at radius 3 is 2.52 bits per heavy atom. The Morgan fingerprint density at radius 2 is 1.81 bits per heavy atom. The molecule has 2 heterocycles. The van der Waals surface area contributed by atoms with E-state index in [1.54, 1.807) is 14.2 Å². The van der Waals surface area contributed by atoms with Crippen molar-refractivity contribution in [3.63, 3.8) is 0 Å². The Hall–Kier alpha value is -3.48. The van der Waals surface area contributed by atoms with E-state index >= 15 is 0 Å². The number of hydrazone groups is 1. The molecule has 0 bridgehead atoms. The van der Waals surface area contributed by atoms with E-state index in [-0.39, 0.29) is 17.4 Å². The molecule has 7 nitrogen and oxygen atoms in total. The Kier molecular flexibility index (Phi) is 4.61. The summed E-state index contributed by atoms with van der Waals surface area (Å²) in [5.41, 5.74) is 8.18. The third kappa shape index (κ3) is 3.12. The van der Waals surface area contributed by atoms with Gasteiger partial charge in [-0.3, -0.25) is 0 Å². The van der Waals surface area contributed by atoms with Gasteiger partial charge >= 0.3 is 5.63 Å². The van der Waals surface area contributed by atoms with Gasteiger partial charge in [0.05, 0.1) is 31.4 Å². The predicted octanol–water partition coefficient (Wildman–Crippen LogP) is 3.75. The highest BCUT2D eigenvalue weighted by atomic mass is 16.5. The zero-order valence-electron chi connectivity index (χ0n) is 17.7. The number of nitrogens with zero attached hydrogens (tertiary/aromatic N) is 1. The van der Waals surface area contributed by atoms with Crippen molar-refractivity contribution in [1.82, 2.24) is 5.43 Å². The standard InChI is InChI=1S/C24H24N2O5/c1-12-7-20-22(16-5-4-6-17(16)24(28)31-20)23(27)21(12)19-11-18(25-26-19)13-8-14(29-2)10-15(9-13)30-3/h7-10,18,25,27H,4-6,11H2,1-3H3. The number of ether oxygens (including phenoxy) is 2. The van der Waals surface area contributed by atoms with E-state index in [1.807, 2.05) is 31.2 Å². The molecule has 0 fully saturated rings. The number of hydrogen-bond acceptors (Lipinski definition) is 7. The summed E-state index contributed by atoms with van der Waals surface area (Å²) in [6.07, 6.45) is 2.95. The maximum atomic E-state index is 12.3. The fourth-order valence-corrected chi connectivity index (χ4v) is 4.73. The minimum Gasteiger partial charge on any atom is -0.506 e. The van der Waals surface area contributed by atoms with E-state index in [4.69, 9.17) is 13.9 Å². The molecule has 0 spiro atoms. The second-order valence-electron chi connectivity index (χ2n) is 8.08. The van der Waals surface area contributed by atoms with Crippen molar-refractivity contribution in [1.29, 1.82) is 0 Å². The number of methoxy groups -OCH3 is 2. The lowest BCUT2D eigenvalue weighted by molar-refractivity contribution is 0.392. The number of aromatic hydroxyl groups is 1. The molecule has 2 aliphatic rings. The summed E-state index contributed by atoms with van der Waals surface area (Å²) >= 11 is 0. The van der Waals surface area contributed by atoms with Crippen molar-refractivity contribution in [2.24, 2.45) is 5.10 Å². The Bertz CT molecular complexity index is 1270. The first-order chi connectivity index (χ1) is 15.0. The second-order valence-corrected chi connectivity index (χ2v) is 8.08. The van der Waals surface area contributed by atoms with Crippen molar-refractivity contribution in [2.45, 2.75) is 38.6 Å². The average molecular weight is 420 g/mol. The van der Waals surface area contributed by atoms with Gasteiger partial charge in [-0.25, -0.2) is 4.79 Å². The number of aryl methyl sites for hydroxylation is 2. The predicted molar refractivity (Wildman–Crippen MR) is 117 cm³/mol. The van der Waals surface area contributed by atoms with Crippen molar-refractivity contribution < 1.29 is 19.0 Å². The van der Waals surface area contributed by atoms with Crippen LogP contribution in [0.1, 0.15) is 46.7 Å². The van der Waals surface area contributed by atoms with Crippen molar-refractivity contribution in [3.8, 4) is 17.2 Å². The molecule has 1 aliphatic carbocycles. The Morgan fingerprint density at radius 1 is 1.10 bits per heavy atom. The van der Waals surface area contributed by atoms with Crippen LogP contribution >= 0.6 is 0 Å². The first kappa shape index (κ1) is 19.5. The summed E-state index contributed by atoms with van der Waals surface area (Å²) < 4.78 is 16.3. The van der Waals surface area contributed by atoms with Crippen LogP contribution in [-0.4, -0.2) is 25.0 Å². The molecule has 1 atom stereocenters. The molecule has 0 saturated heterocycles. The number of nitrogens with one attached hydrogen (secondary N) is 1. The topological polar surface area (TPSA) is 93.3 Å². The first-order valence-electron chi connectivity index (χ1n) is 10.4. The van der Waals surface area contributed by atoms with Crippen LogP contribution in [-0.2, 0) is 12.8 Å². The summed E-state index contributed by atoms with van der Waals surface area (Å²) in [6, 6.07) is 7.48. The van der Waals surface area contributed by atoms with E-state index in [0.717, 1.165) is 35.2 Å². The number of phenols is 1. The maximum Gasteiger partial charge on any atom is 0.339 e. The molecule has 160 valence electrons. The van der Waals surface area contributed by atoms with Crippen LogP contribution in [0.25, 0.3) is 11.0 Å². The fourth-order valence-electron chi connectivity index (χ4n) is 4.73. The monoisotopic (exact) mass is 420 g/mol. The largest absolute Gasteiger partial charge is 0.506 e. The Balaban J connectivity index is 1.56. The van der Waals surface area contributed by atoms with Crippen LogP contribution in [0.3, 0.4) is 0 Å². The minimum absolute atomic E-state index is 0.0760. The molecule has 1 aliphatic heterocycles. The molecule has 1 unspecified atom stereocenters. The van der Waals surface area contributed by atoms with Gasteiger partial charge in [0.25, 0.3) is 0 Å². The molecule has 3 aromatic rings. The SMILES string of the molecule is COc1cc(OC)cc(C2CC(c3c(C)cc4oc(=O)c5c(c4c3O)CCC5)=NN2)c1. The summed E-state index contributed by atoms with van der Waals surface area (Å²) in [6.45, 7) is 1.89. The lowest BCUT2D eigenvalue weighted by Crippen LogP contribution is -2.11. The van der Waals surface area contributed by atoms with Gasteiger partial charge in [-0.05, 0) is 61.1 Å². The van der Waals surface area contributed by atoms with Crippen LogP contribution in [0.5, 0.6) is 17.2 Å². The molecule has 5 rings (SSSR count). The van der Waals surface area contributed by atoms with Gasteiger partial charge in [0.1, 0.15) is 22.8 Å². The lowest BCUT2D eigenvalue weighted by atomic mass is 9.92. The molecule has 0 amide bonds. The number of fused-ring (bicyclic) bond motifs is 3. The highest BCUT2D eigenvalue weighted by Gasteiger charge is 2.29. The summed E-state index contributed by atoms with van der Waals surface area (Å²) in [5.74, 6) is 1.56. The molecule has 2 N–H and O–H groups in total. The van der Waals surface area contributed by atoms with Gasteiger partial charge in [0, 0.05) is 23.6 Å². The smallest absolute Gasteiger partial charge is 0.339 e. The number of rotatable bonds is 4. The van der Waals surface area contributed by atoms with E-state index in [0.29, 0.717) is 46.4 Å². The van der Waals surface area contributed by atoms with Crippen molar-refractivity contribution in [3.05, 3.63) is 62.5 Å². The van der Waals surface area contributed by atoms with Gasteiger partial charge in [-0.1, -0.05) is 0 Å². The highest BCUT2D eigenvalue weighted by Crippen LogP contribution is 2.40.